The maximum Gasteiger partial charge on any atom is 0.234 e. The van der Waals surface area contributed by atoms with Crippen molar-refractivity contribution < 1.29 is 128 Å². The highest BCUT2D eigenvalue weighted by molar-refractivity contribution is 5.84. The Morgan fingerprint density at radius 2 is 0.848 bits per heavy atom. The maximum atomic E-state index is 13.3. The van der Waals surface area contributed by atoms with Crippen LogP contribution in [0.4, 0.5) is 0 Å². The van der Waals surface area contributed by atoms with Crippen molar-refractivity contribution in [2.24, 2.45) is 0 Å². The van der Waals surface area contributed by atoms with Gasteiger partial charge in [-0.1, -0.05) is 12.8 Å². The van der Waals surface area contributed by atoms with Gasteiger partial charge in [0.15, 0.2) is 25.2 Å². The molecule has 0 aliphatic carbocycles. The minimum absolute atomic E-state index is 0.0319. The molecule has 0 aromatic rings. The second-order valence-electron chi connectivity index (χ2n) is 19.6. The van der Waals surface area contributed by atoms with Gasteiger partial charge in [0.25, 0.3) is 0 Å². The van der Waals surface area contributed by atoms with Crippen LogP contribution in [0.5, 0.6) is 0 Å². The molecule has 4 heterocycles. The Kier molecular flexibility index (Phi) is 29.9. The first-order valence-electron chi connectivity index (χ1n) is 26.4. The number of nitrogens with zero attached hydrogens (tertiary/aromatic N) is 1. The largest absolute Gasteiger partial charge is 0.394 e. The Morgan fingerprint density at radius 1 is 0.430 bits per heavy atom. The molecule has 0 radical (unpaired) electrons. The van der Waals surface area contributed by atoms with E-state index in [0.717, 1.165) is 0 Å². The second-order valence-corrected chi connectivity index (χ2v) is 19.6. The number of hydrogen-bond donors (Lipinski definition) is 18. The number of amides is 5. The van der Waals surface area contributed by atoms with E-state index in [0.29, 0.717) is 44.9 Å². The van der Waals surface area contributed by atoms with Gasteiger partial charge < -0.3 is 131 Å². The molecule has 0 aromatic heterocycles. The van der Waals surface area contributed by atoms with Crippen LogP contribution in [-0.4, -0.2) is 310 Å². The fourth-order valence-electron chi connectivity index (χ4n) is 8.74. The van der Waals surface area contributed by atoms with Gasteiger partial charge in [-0.2, -0.15) is 0 Å². The van der Waals surface area contributed by atoms with Crippen LogP contribution in [0.1, 0.15) is 58.3 Å². The minimum Gasteiger partial charge on any atom is -0.394 e. The van der Waals surface area contributed by atoms with E-state index in [2.05, 4.69) is 26.6 Å². The number of hydrogen-bond acceptors (Lipinski definition) is 27. The average Bonchev–Trinajstić information content (AvgIpc) is 3.44. The molecule has 4 aliphatic heterocycles. The Bertz CT molecular complexity index is 1830. The molecule has 20 atom stereocenters. The molecule has 18 N–H and O–H groups in total. The van der Waals surface area contributed by atoms with Crippen LogP contribution >= 0.6 is 0 Å². The van der Waals surface area contributed by atoms with E-state index < -0.39 is 174 Å². The number of rotatable bonds is 33. The van der Waals surface area contributed by atoms with Crippen molar-refractivity contribution in [2.45, 2.75) is 181 Å². The van der Waals surface area contributed by atoms with Gasteiger partial charge in [0.1, 0.15) is 91.6 Å². The second kappa shape index (κ2) is 34.8. The first kappa shape index (κ1) is 68.0. The summed E-state index contributed by atoms with van der Waals surface area (Å²) in [5, 5.41) is 147. The monoisotopic (exact) mass is 1150 g/mol. The molecule has 0 aromatic carbocycles. The van der Waals surface area contributed by atoms with Gasteiger partial charge in [-0.25, -0.2) is 0 Å². The van der Waals surface area contributed by atoms with Crippen LogP contribution in [0.3, 0.4) is 0 Å². The molecular weight excluding hydrogens is 1060 g/mol. The zero-order chi connectivity index (χ0) is 58.3. The van der Waals surface area contributed by atoms with Gasteiger partial charge in [-0.15, -0.1) is 0 Å². The number of carbonyl (C=O) groups is 5. The smallest absolute Gasteiger partial charge is 0.234 e. The third-order valence-corrected chi connectivity index (χ3v) is 13.5. The molecule has 0 saturated carbocycles. The normalized spacial score (nSPS) is 34.9. The van der Waals surface area contributed by atoms with Crippen LogP contribution in [0.15, 0.2) is 0 Å². The maximum absolute atomic E-state index is 13.3. The summed E-state index contributed by atoms with van der Waals surface area (Å²) >= 11 is 0. The van der Waals surface area contributed by atoms with E-state index in [4.69, 9.17) is 37.9 Å². The Balaban J connectivity index is 1.28. The molecule has 4 saturated heterocycles. The fraction of sp³-hybridized carbons (Fsp3) is 0.894. The summed E-state index contributed by atoms with van der Waals surface area (Å²) in [7, 11) is 1.53. The fourth-order valence-corrected chi connectivity index (χ4v) is 8.74. The summed E-state index contributed by atoms with van der Waals surface area (Å²) in [6.45, 7) is -2.20. The topological polar surface area (TPSA) is 486 Å². The van der Waals surface area contributed by atoms with Crippen molar-refractivity contribution in [1.29, 1.82) is 0 Å². The number of nitrogens with one attached hydrogen (secondary N) is 5. The number of aliphatic hydroxyl groups is 13. The van der Waals surface area contributed by atoms with Crippen molar-refractivity contribution in [3.8, 4) is 0 Å². The van der Waals surface area contributed by atoms with Crippen molar-refractivity contribution in [3.05, 3.63) is 0 Å². The third-order valence-electron chi connectivity index (χ3n) is 13.5. The lowest BCUT2D eigenvalue weighted by atomic mass is 9.96. The molecule has 458 valence electrons. The lowest BCUT2D eigenvalue weighted by molar-refractivity contribution is -0.366. The lowest BCUT2D eigenvalue weighted by Gasteiger charge is -2.46. The zero-order valence-corrected chi connectivity index (χ0v) is 44.3. The van der Waals surface area contributed by atoms with Gasteiger partial charge >= 0.3 is 0 Å². The van der Waals surface area contributed by atoms with Crippen LogP contribution in [0.25, 0.3) is 0 Å². The standard InChI is InChI=1S/C47H84N6O26/c1-23-32(61)36(65)39(68)44(75-23)72-15-13-51-28(57)10-6-4-8-12-50-30(59)18-53(17-29(58)49-11-7-3-5-9-27(56)48-2)19-31(60)52-14-16-73-46-42(71)43(79-47-41(70)38(67)34(63)25(21-55)77-47)35(64)26(78-46)22-74-45-40(69)37(66)33(62)24(20-54)76-45/h23-26,32-47,54-55,61-71H,3-22H2,1-2H3,(H,48,56)(H,49,58)(H,50,59)(H,51,57)(H,52,60). The Labute approximate surface area is 455 Å². The molecule has 4 rings (SSSR count). The van der Waals surface area contributed by atoms with Crippen LogP contribution in [-0.2, 0) is 61.9 Å². The summed E-state index contributed by atoms with van der Waals surface area (Å²) < 4.78 is 44.3. The Hall–Kier alpha value is -3.53. The van der Waals surface area contributed by atoms with E-state index >= 15 is 0 Å². The van der Waals surface area contributed by atoms with Crippen molar-refractivity contribution >= 4 is 29.5 Å². The molecule has 20 unspecified atom stereocenters. The van der Waals surface area contributed by atoms with Crippen LogP contribution in [0, 0.1) is 0 Å². The predicted molar refractivity (Wildman–Crippen MR) is 263 cm³/mol. The molecule has 32 nitrogen and oxygen atoms in total. The summed E-state index contributed by atoms with van der Waals surface area (Å²) in [6.07, 6.45) is -28.7. The molecule has 4 fully saturated rings. The number of carbonyl (C=O) groups excluding carboxylic acids is 5. The predicted octanol–water partition coefficient (Wildman–Crippen LogP) is -10.1. The molecule has 32 heteroatoms. The number of ether oxygens (including phenoxy) is 8. The van der Waals surface area contributed by atoms with Crippen LogP contribution < -0.4 is 26.6 Å². The quantitative estimate of drug-likeness (QED) is 0.0271. The van der Waals surface area contributed by atoms with E-state index in [9.17, 15) is 90.4 Å². The van der Waals surface area contributed by atoms with E-state index in [1.165, 1.54) is 18.9 Å². The molecule has 4 aliphatic rings. The molecule has 79 heavy (non-hydrogen) atoms. The first-order valence-corrected chi connectivity index (χ1v) is 26.4. The van der Waals surface area contributed by atoms with E-state index in [1.807, 2.05) is 0 Å². The van der Waals surface area contributed by atoms with Gasteiger partial charge in [-0.3, -0.25) is 28.9 Å². The third kappa shape index (κ3) is 21.3. The van der Waals surface area contributed by atoms with E-state index in [1.54, 1.807) is 0 Å². The van der Waals surface area contributed by atoms with Gasteiger partial charge in [-0.05, 0) is 32.6 Å². The molecular formula is C47H84N6O26. The van der Waals surface area contributed by atoms with Crippen LogP contribution in [0.2, 0.25) is 0 Å². The SMILES string of the molecule is CNC(=O)CCCCCNC(=O)CN(CC(=O)NCCCCCC(=O)NCCOC1OC(C)C(O)C(O)C1O)CC(=O)NCCOC1OC(COC2OC(CO)C(O)C(O)C2O)C(O)C(OC2OC(CO)C(O)C(O)C2O)C1O. The minimum atomic E-state index is -1.97. The number of aliphatic hydroxyl groups excluding tert-OH is 13. The number of unbranched alkanes of at least 4 members (excludes halogenated alkanes) is 4. The summed E-state index contributed by atoms with van der Waals surface area (Å²) in [5.74, 6) is -2.07. The van der Waals surface area contributed by atoms with Crippen molar-refractivity contribution in [1.82, 2.24) is 31.5 Å². The van der Waals surface area contributed by atoms with Crippen molar-refractivity contribution in [2.75, 3.05) is 85.9 Å². The highest BCUT2D eigenvalue weighted by Crippen LogP contribution is 2.31. The average molecular weight is 1150 g/mol. The van der Waals surface area contributed by atoms with Gasteiger partial charge in [0.05, 0.1) is 58.8 Å². The lowest BCUT2D eigenvalue weighted by Crippen LogP contribution is -2.65. The molecule has 5 amide bonds. The van der Waals surface area contributed by atoms with Crippen molar-refractivity contribution in [3.63, 3.8) is 0 Å². The highest BCUT2D eigenvalue weighted by Gasteiger charge is 2.52. The summed E-state index contributed by atoms with van der Waals surface area (Å²) in [4.78, 5) is 64.5. The zero-order valence-electron chi connectivity index (χ0n) is 44.3. The van der Waals surface area contributed by atoms with Gasteiger partial charge in [0.2, 0.25) is 29.5 Å². The van der Waals surface area contributed by atoms with Gasteiger partial charge in [0, 0.05) is 46.1 Å². The van der Waals surface area contributed by atoms with E-state index in [-0.39, 0.29) is 64.1 Å². The Morgan fingerprint density at radius 3 is 1.35 bits per heavy atom. The molecule has 0 spiro atoms. The molecule has 0 bridgehead atoms. The highest BCUT2D eigenvalue weighted by atomic mass is 16.8. The summed E-state index contributed by atoms with van der Waals surface area (Å²) in [6, 6.07) is 0. The summed E-state index contributed by atoms with van der Waals surface area (Å²) in [5.41, 5.74) is 0. The first-order chi connectivity index (χ1) is 37.6.